The van der Waals surface area contributed by atoms with Crippen molar-refractivity contribution in [3.05, 3.63) is 12.2 Å². The van der Waals surface area contributed by atoms with Crippen LogP contribution in [0.3, 0.4) is 0 Å². The van der Waals surface area contributed by atoms with Crippen molar-refractivity contribution in [2.45, 2.75) is 38.4 Å². The molecule has 1 heterocycles. The first-order chi connectivity index (χ1) is 6.66. The predicted molar refractivity (Wildman–Crippen MR) is 51.8 cm³/mol. The van der Waals surface area contributed by atoms with Gasteiger partial charge in [0.2, 0.25) is 0 Å². The summed E-state index contributed by atoms with van der Waals surface area (Å²) in [5, 5.41) is 0. The Morgan fingerprint density at radius 2 is 2.29 bits per heavy atom. The molecule has 3 nitrogen and oxygen atoms in total. The standard InChI is InChI=1S/C11H16O3/c1-7(2)11(12)13-6-8-3-4-9-10(5-8)14-9/h8-10H,1,3-6H2,2H3/t8-,9+,10+/m1/s1. The first-order valence-electron chi connectivity index (χ1n) is 5.15. The second-order valence-electron chi connectivity index (χ2n) is 4.27. The van der Waals surface area contributed by atoms with E-state index in [9.17, 15) is 4.79 Å². The summed E-state index contributed by atoms with van der Waals surface area (Å²) < 4.78 is 10.5. The van der Waals surface area contributed by atoms with Crippen molar-refractivity contribution in [2.75, 3.05) is 6.61 Å². The zero-order valence-corrected chi connectivity index (χ0v) is 8.49. The van der Waals surface area contributed by atoms with Gasteiger partial charge in [0.25, 0.3) is 0 Å². The van der Waals surface area contributed by atoms with E-state index in [1.54, 1.807) is 6.92 Å². The van der Waals surface area contributed by atoms with Gasteiger partial charge in [0.1, 0.15) is 0 Å². The van der Waals surface area contributed by atoms with E-state index >= 15 is 0 Å². The van der Waals surface area contributed by atoms with Crippen LogP contribution in [-0.2, 0) is 14.3 Å². The molecule has 0 amide bonds. The zero-order chi connectivity index (χ0) is 10.1. The highest BCUT2D eigenvalue weighted by atomic mass is 16.6. The summed E-state index contributed by atoms with van der Waals surface area (Å²) in [6.07, 6.45) is 4.26. The summed E-state index contributed by atoms with van der Waals surface area (Å²) in [6.45, 7) is 5.74. The lowest BCUT2D eigenvalue weighted by Crippen LogP contribution is -2.20. The number of fused-ring (bicyclic) bond motifs is 1. The Morgan fingerprint density at radius 1 is 1.50 bits per heavy atom. The number of esters is 1. The molecule has 0 spiro atoms. The second-order valence-corrected chi connectivity index (χ2v) is 4.27. The van der Waals surface area contributed by atoms with Crippen LogP contribution < -0.4 is 0 Å². The summed E-state index contributed by atoms with van der Waals surface area (Å²) >= 11 is 0. The average molecular weight is 196 g/mol. The average Bonchev–Trinajstić information content (AvgIpc) is 2.91. The smallest absolute Gasteiger partial charge is 0.333 e. The molecule has 14 heavy (non-hydrogen) atoms. The molecule has 0 unspecified atom stereocenters. The van der Waals surface area contributed by atoms with Gasteiger partial charge in [0.15, 0.2) is 0 Å². The van der Waals surface area contributed by atoms with E-state index in [0.29, 0.717) is 30.3 Å². The maximum atomic E-state index is 11.1. The lowest BCUT2D eigenvalue weighted by molar-refractivity contribution is -0.140. The van der Waals surface area contributed by atoms with E-state index in [0.717, 1.165) is 19.3 Å². The molecule has 2 aliphatic rings. The number of carbonyl (C=O) groups excluding carboxylic acids is 1. The number of hydrogen-bond donors (Lipinski definition) is 0. The third-order valence-electron chi connectivity index (χ3n) is 2.91. The second kappa shape index (κ2) is 3.73. The first kappa shape index (κ1) is 9.71. The van der Waals surface area contributed by atoms with Gasteiger partial charge < -0.3 is 9.47 Å². The van der Waals surface area contributed by atoms with Crippen molar-refractivity contribution >= 4 is 5.97 Å². The molecule has 0 bridgehead atoms. The van der Waals surface area contributed by atoms with Gasteiger partial charge in [-0.15, -0.1) is 0 Å². The fourth-order valence-corrected chi connectivity index (χ4v) is 1.95. The van der Waals surface area contributed by atoms with Crippen LogP contribution in [0.1, 0.15) is 26.2 Å². The molecule has 1 saturated carbocycles. The van der Waals surface area contributed by atoms with Crippen LogP contribution in [-0.4, -0.2) is 24.8 Å². The predicted octanol–water partition coefficient (Wildman–Crippen LogP) is 1.67. The van der Waals surface area contributed by atoms with Gasteiger partial charge in [-0.25, -0.2) is 4.79 Å². The summed E-state index contributed by atoms with van der Waals surface area (Å²) in [5.41, 5.74) is 0.473. The molecule has 0 aromatic rings. The minimum atomic E-state index is -0.274. The Balaban J connectivity index is 1.70. The minimum Gasteiger partial charge on any atom is -0.462 e. The Hall–Kier alpha value is -0.830. The maximum Gasteiger partial charge on any atom is 0.333 e. The highest BCUT2D eigenvalue weighted by Gasteiger charge is 2.43. The molecule has 1 saturated heterocycles. The third-order valence-corrected chi connectivity index (χ3v) is 2.91. The van der Waals surface area contributed by atoms with E-state index in [1.165, 1.54) is 0 Å². The highest BCUT2D eigenvalue weighted by Crippen LogP contribution is 2.39. The SMILES string of the molecule is C=C(C)C(=O)OC[C@@H]1CC[C@@H]2O[C@H]2C1. The first-order valence-corrected chi connectivity index (χ1v) is 5.15. The molecule has 1 aliphatic heterocycles. The zero-order valence-electron chi connectivity index (χ0n) is 8.49. The van der Waals surface area contributed by atoms with Crippen molar-refractivity contribution in [3.63, 3.8) is 0 Å². The van der Waals surface area contributed by atoms with Crippen molar-refractivity contribution in [1.82, 2.24) is 0 Å². The molecule has 3 atom stereocenters. The Bertz CT molecular complexity index is 259. The number of hydrogen-bond acceptors (Lipinski definition) is 3. The fraction of sp³-hybridized carbons (Fsp3) is 0.727. The molecule has 2 rings (SSSR count). The van der Waals surface area contributed by atoms with Gasteiger partial charge in [-0.1, -0.05) is 6.58 Å². The van der Waals surface area contributed by atoms with Crippen molar-refractivity contribution in [3.8, 4) is 0 Å². The number of ether oxygens (including phenoxy) is 2. The summed E-state index contributed by atoms with van der Waals surface area (Å²) in [6, 6.07) is 0. The molecule has 0 aromatic carbocycles. The van der Waals surface area contributed by atoms with Crippen LogP contribution in [0, 0.1) is 5.92 Å². The van der Waals surface area contributed by atoms with Crippen molar-refractivity contribution in [2.24, 2.45) is 5.92 Å². The van der Waals surface area contributed by atoms with E-state index < -0.39 is 0 Å². The maximum absolute atomic E-state index is 11.1. The third kappa shape index (κ3) is 2.15. The monoisotopic (exact) mass is 196 g/mol. The van der Waals surface area contributed by atoms with Crippen LogP contribution in [0.4, 0.5) is 0 Å². The summed E-state index contributed by atoms with van der Waals surface area (Å²) in [7, 11) is 0. The van der Waals surface area contributed by atoms with Crippen LogP contribution in [0.2, 0.25) is 0 Å². The lowest BCUT2D eigenvalue weighted by Gasteiger charge is -2.18. The molecule has 0 radical (unpaired) electrons. The van der Waals surface area contributed by atoms with Crippen LogP contribution in [0.25, 0.3) is 0 Å². The van der Waals surface area contributed by atoms with Gasteiger partial charge in [-0.2, -0.15) is 0 Å². The van der Waals surface area contributed by atoms with Crippen molar-refractivity contribution < 1.29 is 14.3 Å². The normalized spacial score (nSPS) is 34.5. The molecule has 3 heteroatoms. The Morgan fingerprint density at radius 3 is 2.93 bits per heavy atom. The van der Waals surface area contributed by atoms with E-state index in [1.807, 2.05) is 0 Å². The van der Waals surface area contributed by atoms with Gasteiger partial charge >= 0.3 is 5.97 Å². The van der Waals surface area contributed by atoms with Gasteiger partial charge in [-0.05, 0) is 32.1 Å². The Kier molecular flexibility index (Phi) is 2.59. The highest BCUT2D eigenvalue weighted by molar-refractivity contribution is 5.86. The molecule has 78 valence electrons. The number of epoxide rings is 1. The van der Waals surface area contributed by atoms with Gasteiger partial charge in [-0.3, -0.25) is 0 Å². The molecule has 2 fully saturated rings. The topological polar surface area (TPSA) is 38.8 Å². The largest absolute Gasteiger partial charge is 0.462 e. The molecular formula is C11H16O3. The molecule has 0 aromatic heterocycles. The molecule has 1 aliphatic carbocycles. The Labute approximate surface area is 84.1 Å². The van der Waals surface area contributed by atoms with Crippen molar-refractivity contribution in [1.29, 1.82) is 0 Å². The van der Waals surface area contributed by atoms with E-state index in [2.05, 4.69) is 6.58 Å². The van der Waals surface area contributed by atoms with Crippen LogP contribution in [0.15, 0.2) is 12.2 Å². The van der Waals surface area contributed by atoms with E-state index in [4.69, 9.17) is 9.47 Å². The van der Waals surface area contributed by atoms with Crippen LogP contribution in [0.5, 0.6) is 0 Å². The lowest BCUT2D eigenvalue weighted by atomic mass is 9.90. The fourth-order valence-electron chi connectivity index (χ4n) is 1.95. The molecule has 0 N–H and O–H groups in total. The van der Waals surface area contributed by atoms with E-state index in [-0.39, 0.29) is 5.97 Å². The summed E-state index contributed by atoms with van der Waals surface area (Å²) in [4.78, 5) is 11.1. The quantitative estimate of drug-likeness (QED) is 0.391. The number of carbonyl (C=O) groups is 1. The molecular weight excluding hydrogens is 180 g/mol. The van der Waals surface area contributed by atoms with Crippen LogP contribution >= 0.6 is 0 Å². The van der Waals surface area contributed by atoms with Gasteiger partial charge in [0, 0.05) is 5.57 Å². The number of rotatable bonds is 3. The summed E-state index contributed by atoms with van der Waals surface area (Å²) in [5.74, 6) is 0.214. The van der Waals surface area contributed by atoms with Gasteiger partial charge in [0.05, 0.1) is 18.8 Å². The minimum absolute atomic E-state index is 0.274.